The molecule has 0 amide bonds. The molecule has 3 aliphatic rings. The van der Waals surface area contributed by atoms with E-state index in [-0.39, 0.29) is 0 Å². The second-order valence-corrected chi connectivity index (χ2v) is 5.31. The second kappa shape index (κ2) is 2.62. The molecule has 0 aromatic rings. The zero-order valence-electron chi connectivity index (χ0n) is 8.68. The van der Waals surface area contributed by atoms with Crippen LogP contribution in [-0.2, 0) is 0 Å². The molecule has 72 valence electrons. The topological polar surface area (TPSA) is 0 Å². The quantitative estimate of drug-likeness (QED) is 0.491. The fourth-order valence-electron chi connectivity index (χ4n) is 4.63. The van der Waals surface area contributed by atoms with Crippen LogP contribution in [0.4, 0.5) is 0 Å². The Bertz CT molecular complexity index is 243. The van der Waals surface area contributed by atoms with Gasteiger partial charge in [0.1, 0.15) is 0 Å². The molecule has 0 aromatic carbocycles. The van der Waals surface area contributed by atoms with Gasteiger partial charge in [0.05, 0.1) is 0 Å². The lowest BCUT2D eigenvalue weighted by Gasteiger charge is -2.36. The number of hydrogen-bond donors (Lipinski definition) is 0. The lowest BCUT2D eigenvalue weighted by molar-refractivity contribution is 0.237. The Hall–Kier alpha value is -0.260. The molecule has 13 heavy (non-hydrogen) atoms. The van der Waals surface area contributed by atoms with Gasteiger partial charge in [-0.05, 0) is 56.3 Å². The lowest BCUT2D eigenvalue weighted by atomic mass is 9.68. The Morgan fingerprint density at radius 3 is 2.69 bits per heavy atom. The van der Waals surface area contributed by atoms with Crippen LogP contribution in [0, 0.1) is 17.3 Å². The molecule has 0 N–H and O–H groups in total. The van der Waals surface area contributed by atoms with Gasteiger partial charge in [0, 0.05) is 0 Å². The zero-order valence-corrected chi connectivity index (χ0v) is 8.68. The fraction of sp³-hybridized carbons (Fsp3) is 0.846. The number of fused-ring (bicyclic) bond motifs is 3. The van der Waals surface area contributed by atoms with Crippen molar-refractivity contribution in [1.29, 1.82) is 0 Å². The van der Waals surface area contributed by atoms with Gasteiger partial charge in [-0.1, -0.05) is 24.5 Å². The molecule has 3 fully saturated rings. The smallest absolute Gasteiger partial charge is 0.00570 e. The maximum atomic E-state index is 2.47. The second-order valence-electron chi connectivity index (χ2n) is 5.31. The van der Waals surface area contributed by atoms with Crippen LogP contribution < -0.4 is 0 Å². The summed E-state index contributed by atoms with van der Waals surface area (Å²) >= 11 is 0. The van der Waals surface area contributed by atoms with Crippen molar-refractivity contribution in [3.8, 4) is 0 Å². The Morgan fingerprint density at radius 1 is 1.23 bits per heavy atom. The molecule has 2 bridgehead atoms. The van der Waals surface area contributed by atoms with Crippen LogP contribution >= 0.6 is 0 Å². The summed E-state index contributed by atoms with van der Waals surface area (Å²) in [5.41, 5.74) is 2.61. The van der Waals surface area contributed by atoms with Gasteiger partial charge in [0.2, 0.25) is 0 Å². The highest BCUT2D eigenvalue weighted by atomic mass is 14.6. The van der Waals surface area contributed by atoms with Crippen LogP contribution in [-0.4, -0.2) is 0 Å². The molecular weight excluding hydrogens is 156 g/mol. The van der Waals surface area contributed by atoms with Crippen molar-refractivity contribution in [3.63, 3.8) is 0 Å². The van der Waals surface area contributed by atoms with E-state index in [1.165, 1.54) is 32.1 Å². The van der Waals surface area contributed by atoms with E-state index in [0.29, 0.717) is 0 Å². The molecule has 0 heteroatoms. The molecule has 2 atom stereocenters. The third-order valence-corrected chi connectivity index (χ3v) is 5.04. The van der Waals surface area contributed by atoms with Crippen LogP contribution in [0.25, 0.3) is 0 Å². The monoisotopic (exact) mass is 176 g/mol. The summed E-state index contributed by atoms with van der Waals surface area (Å²) in [5, 5.41) is 0. The van der Waals surface area contributed by atoms with Gasteiger partial charge in [-0.2, -0.15) is 0 Å². The molecule has 2 unspecified atom stereocenters. The van der Waals surface area contributed by atoms with Crippen molar-refractivity contribution in [2.75, 3.05) is 0 Å². The zero-order chi connectivity index (χ0) is 8.89. The normalized spacial score (nSPS) is 43.9. The van der Waals surface area contributed by atoms with Crippen LogP contribution in [0.1, 0.15) is 51.9 Å². The Balaban J connectivity index is 2.01. The number of rotatable bonds is 0. The van der Waals surface area contributed by atoms with Crippen LogP contribution in [0.15, 0.2) is 11.6 Å². The summed E-state index contributed by atoms with van der Waals surface area (Å²) in [6.45, 7) is 2.27. The van der Waals surface area contributed by atoms with E-state index in [4.69, 9.17) is 0 Å². The van der Waals surface area contributed by atoms with E-state index in [1.54, 1.807) is 12.8 Å². The highest BCUT2D eigenvalue weighted by Gasteiger charge is 2.54. The molecule has 0 nitrogen and oxygen atoms in total. The minimum Gasteiger partial charge on any atom is -0.0876 e. The SMILES string of the molecule is CC=C1C2CCC(C2)C12CCCC2. The summed E-state index contributed by atoms with van der Waals surface area (Å²) < 4.78 is 0. The van der Waals surface area contributed by atoms with Gasteiger partial charge < -0.3 is 0 Å². The van der Waals surface area contributed by atoms with Crippen LogP contribution in [0.5, 0.6) is 0 Å². The van der Waals surface area contributed by atoms with E-state index >= 15 is 0 Å². The fourth-order valence-corrected chi connectivity index (χ4v) is 4.63. The minimum atomic E-state index is 0.734. The predicted molar refractivity (Wildman–Crippen MR) is 55.5 cm³/mol. The molecular formula is C13H20. The van der Waals surface area contributed by atoms with Crippen LogP contribution in [0.3, 0.4) is 0 Å². The van der Waals surface area contributed by atoms with Crippen molar-refractivity contribution in [2.45, 2.75) is 51.9 Å². The average molecular weight is 176 g/mol. The highest BCUT2D eigenvalue weighted by Crippen LogP contribution is 2.65. The summed E-state index contributed by atoms with van der Waals surface area (Å²) in [5.74, 6) is 2.10. The molecule has 3 aliphatic carbocycles. The first-order chi connectivity index (χ1) is 6.37. The van der Waals surface area contributed by atoms with E-state index in [1.807, 2.05) is 5.57 Å². The Morgan fingerprint density at radius 2 is 2.00 bits per heavy atom. The van der Waals surface area contributed by atoms with E-state index in [0.717, 1.165) is 17.3 Å². The maximum absolute atomic E-state index is 2.47. The molecule has 1 spiro atoms. The van der Waals surface area contributed by atoms with E-state index in [9.17, 15) is 0 Å². The average Bonchev–Trinajstić information content (AvgIpc) is 2.79. The predicted octanol–water partition coefficient (Wildman–Crippen LogP) is 3.92. The first-order valence-electron chi connectivity index (χ1n) is 6.03. The molecule has 0 heterocycles. The molecule has 0 aliphatic heterocycles. The van der Waals surface area contributed by atoms with Crippen molar-refractivity contribution >= 4 is 0 Å². The van der Waals surface area contributed by atoms with Crippen LogP contribution in [0.2, 0.25) is 0 Å². The molecule has 3 saturated carbocycles. The van der Waals surface area contributed by atoms with E-state index in [2.05, 4.69) is 13.0 Å². The summed E-state index contributed by atoms with van der Waals surface area (Å²) in [4.78, 5) is 0. The molecule has 3 rings (SSSR count). The number of allylic oxidation sites excluding steroid dienone is 2. The largest absolute Gasteiger partial charge is 0.0876 e. The summed E-state index contributed by atoms with van der Waals surface area (Å²) in [7, 11) is 0. The van der Waals surface area contributed by atoms with Crippen molar-refractivity contribution in [1.82, 2.24) is 0 Å². The Kier molecular flexibility index (Phi) is 1.63. The van der Waals surface area contributed by atoms with Gasteiger partial charge in [-0.15, -0.1) is 0 Å². The maximum Gasteiger partial charge on any atom is -0.00570 e. The molecule has 0 radical (unpaired) electrons. The van der Waals surface area contributed by atoms with Gasteiger partial charge in [-0.3, -0.25) is 0 Å². The highest BCUT2D eigenvalue weighted by molar-refractivity contribution is 5.28. The van der Waals surface area contributed by atoms with Crippen molar-refractivity contribution < 1.29 is 0 Å². The third-order valence-electron chi connectivity index (χ3n) is 5.04. The summed E-state index contributed by atoms with van der Waals surface area (Å²) in [6.07, 6.45) is 13.1. The Labute approximate surface area is 81.4 Å². The first kappa shape index (κ1) is 8.08. The summed E-state index contributed by atoms with van der Waals surface area (Å²) in [6, 6.07) is 0. The van der Waals surface area contributed by atoms with E-state index < -0.39 is 0 Å². The minimum absolute atomic E-state index is 0.734. The van der Waals surface area contributed by atoms with Crippen molar-refractivity contribution in [2.24, 2.45) is 17.3 Å². The first-order valence-corrected chi connectivity index (χ1v) is 6.03. The number of hydrogen-bond acceptors (Lipinski definition) is 0. The molecule has 0 saturated heterocycles. The standard InChI is InChI=1S/C13H20/c1-2-12-10-5-6-11(9-10)13(12)7-3-4-8-13/h2,10-11H,3-9H2,1H3. The lowest BCUT2D eigenvalue weighted by Crippen LogP contribution is -2.26. The molecule has 0 aromatic heterocycles. The van der Waals surface area contributed by atoms with Gasteiger partial charge in [0.15, 0.2) is 0 Å². The van der Waals surface area contributed by atoms with Gasteiger partial charge >= 0.3 is 0 Å². The van der Waals surface area contributed by atoms with Crippen molar-refractivity contribution in [3.05, 3.63) is 11.6 Å². The van der Waals surface area contributed by atoms with Gasteiger partial charge in [0.25, 0.3) is 0 Å². The van der Waals surface area contributed by atoms with Gasteiger partial charge in [-0.25, -0.2) is 0 Å². The third kappa shape index (κ3) is 0.872.